The standard InChI is InChI=1S/C8H15NO2.CH4S/c1-11-8(10)9-7-5-3-2-4-6-7;1-2/h7H,2-6H2,1H3,(H,9,10);2H,1H3. The summed E-state index contributed by atoms with van der Waals surface area (Å²) < 4.78 is 4.50. The summed E-state index contributed by atoms with van der Waals surface area (Å²) in [6, 6.07) is 0.358. The average molecular weight is 205 g/mol. The smallest absolute Gasteiger partial charge is 0.407 e. The topological polar surface area (TPSA) is 38.3 Å². The highest BCUT2D eigenvalue weighted by molar-refractivity contribution is 7.79. The van der Waals surface area contributed by atoms with Crippen molar-refractivity contribution in [1.82, 2.24) is 5.32 Å². The van der Waals surface area contributed by atoms with Crippen molar-refractivity contribution in [2.75, 3.05) is 13.4 Å². The third kappa shape index (κ3) is 5.80. The molecule has 0 aromatic heterocycles. The number of carbonyl (C=O) groups is 1. The SMILES string of the molecule is COC(=O)NC1CCCCC1.CS. The summed E-state index contributed by atoms with van der Waals surface area (Å²) >= 11 is 3.53. The largest absolute Gasteiger partial charge is 0.453 e. The highest BCUT2D eigenvalue weighted by Gasteiger charge is 2.14. The Morgan fingerprint density at radius 1 is 1.31 bits per heavy atom. The molecule has 78 valence electrons. The van der Waals surface area contributed by atoms with Crippen molar-refractivity contribution in [3.05, 3.63) is 0 Å². The van der Waals surface area contributed by atoms with Gasteiger partial charge in [-0.15, -0.1) is 0 Å². The Hall–Kier alpha value is -0.380. The van der Waals surface area contributed by atoms with Crippen molar-refractivity contribution < 1.29 is 9.53 Å². The Labute approximate surface area is 85.6 Å². The summed E-state index contributed by atoms with van der Waals surface area (Å²) in [5.41, 5.74) is 0. The minimum absolute atomic E-state index is 0.295. The molecular formula is C9H19NO2S. The number of thiol groups is 1. The molecule has 0 aromatic carbocycles. The Morgan fingerprint density at radius 2 is 1.85 bits per heavy atom. The van der Waals surface area contributed by atoms with Crippen LogP contribution < -0.4 is 5.32 Å². The van der Waals surface area contributed by atoms with Gasteiger partial charge in [0.05, 0.1) is 7.11 Å². The molecule has 13 heavy (non-hydrogen) atoms. The summed E-state index contributed by atoms with van der Waals surface area (Å²) in [6.45, 7) is 0. The zero-order valence-corrected chi connectivity index (χ0v) is 9.27. The molecule has 0 atom stereocenters. The van der Waals surface area contributed by atoms with Crippen LogP contribution in [0.4, 0.5) is 4.79 Å². The zero-order valence-electron chi connectivity index (χ0n) is 8.38. The van der Waals surface area contributed by atoms with Gasteiger partial charge in [0.25, 0.3) is 0 Å². The molecular weight excluding hydrogens is 186 g/mol. The molecule has 1 amide bonds. The molecule has 1 N–H and O–H groups in total. The number of amides is 1. The number of ether oxygens (including phenoxy) is 1. The second kappa shape index (κ2) is 8.23. The quantitative estimate of drug-likeness (QED) is 0.644. The van der Waals surface area contributed by atoms with Crippen LogP contribution in [0.5, 0.6) is 0 Å². The van der Waals surface area contributed by atoms with Crippen LogP contribution in [0.15, 0.2) is 0 Å². The van der Waals surface area contributed by atoms with E-state index in [-0.39, 0.29) is 6.09 Å². The van der Waals surface area contributed by atoms with E-state index in [2.05, 4.69) is 22.7 Å². The van der Waals surface area contributed by atoms with Gasteiger partial charge in [0.2, 0.25) is 0 Å². The first-order chi connectivity index (χ1) is 6.33. The lowest BCUT2D eigenvalue weighted by molar-refractivity contribution is 0.163. The van der Waals surface area contributed by atoms with Crippen molar-refractivity contribution in [2.24, 2.45) is 0 Å². The number of alkyl carbamates (subject to hydrolysis) is 1. The van der Waals surface area contributed by atoms with Crippen LogP contribution >= 0.6 is 12.6 Å². The molecule has 1 saturated carbocycles. The fourth-order valence-corrected chi connectivity index (χ4v) is 1.47. The zero-order chi connectivity index (χ0) is 10.1. The van der Waals surface area contributed by atoms with Crippen LogP contribution in [0.1, 0.15) is 32.1 Å². The van der Waals surface area contributed by atoms with E-state index in [9.17, 15) is 4.79 Å². The minimum Gasteiger partial charge on any atom is -0.453 e. The Balaban J connectivity index is 0.000000671. The summed E-state index contributed by atoms with van der Waals surface area (Å²) in [7, 11) is 1.40. The third-order valence-electron chi connectivity index (χ3n) is 2.11. The van der Waals surface area contributed by atoms with Crippen molar-refractivity contribution in [3.8, 4) is 0 Å². The number of nitrogens with one attached hydrogen (secondary N) is 1. The number of carbonyl (C=O) groups excluding carboxylic acids is 1. The van der Waals surface area contributed by atoms with E-state index in [4.69, 9.17) is 0 Å². The van der Waals surface area contributed by atoms with Crippen LogP contribution in [0.3, 0.4) is 0 Å². The normalized spacial score (nSPS) is 16.8. The molecule has 1 aliphatic carbocycles. The van der Waals surface area contributed by atoms with Crippen molar-refractivity contribution >= 4 is 18.7 Å². The second-order valence-corrected chi connectivity index (χ2v) is 2.97. The van der Waals surface area contributed by atoms with E-state index in [1.54, 1.807) is 6.26 Å². The molecule has 0 aromatic rings. The maximum absolute atomic E-state index is 10.7. The molecule has 1 aliphatic rings. The van der Waals surface area contributed by atoms with Gasteiger partial charge < -0.3 is 10.1 Å². The highest BCUT2D eigenvalue weighted by Crippen LogP contribution is 2.17. The number of hydrogen-bond donors (Lipinski definition) is 2. The molecule has 0 radical (unpaired) electrons. The lowest BCUT2D eigenvalue weighted by Gasteiger charge is -2.21. The van der Waals surface area contributed by atoms with E-state index in [0.29, 0.717) is 6.04 Å². The van der Waals surface area contributed by atoms with Crippen molar-refractivity contribution in [3.63, 3.8) is 0 Å². The van der Waals surface area contributed by atoms with Gasteiger partial charge in [0.15, 0.2) is 0 Å². The van der Waals surface area contributed by atoms with E-state index in [1.807, 2.05) is 0 Å². The molecule has 0 heterocycles. The van der Waals surface area contributed by atoms with Crippen LogP contribution in [0, 0.1) is 0 Å². The minimum atomic E-state index is -0.295. The predicted molar refractivity (Wildman–Crippen MR) is 57.3 cm³/mol. The van der Waals surface area contributed by atoms with E-state index in [1.165, 1.54) is 26.4 Å². The maximum atomic E-state index is 10.7. The Bertz CT molecular complexity index is 136. The van der Waals surface area contributed by atoms with Gasteiger partial charge >= 0.3 is 6.09 Å². The van der Waals surface area contributed by atoms with Gasteiger partial charge in [0, 0.05) is 6.04 Å². The van der Waals surface area contributed by atoms with Crippen LogP contribution in [0.25, 0.3) is 0 Å². The molecule has 0 bridgehead atoms. The summed E-state index contributed by atoms with van der Waals surface area (Å²) in [6.07, 6.45) is 7.38. The van der Waals surface area contributed by atoms with Gasteiger partial charge in [-0.05, 0) is 19.1 Å². The molecule has 0 spiro atoms. The van der Waals surface area contributed by atoms with Gasteiger partial charge in [-0.1, -0.05) is 19.3 Å². The van der Waals surface area contributed by atoms with Gasteiger partial charge in [-0.2, -0.15) is 12.6 Å². The highest BCUT2D eigenvalue weighted by atomic mass is 32.1. The summed E-state index contributed by atoms with van der Waals surface area (Å²) in [4.78, 5) is 10.7. The van der Waals surface area contributed by atoms with E-state index >= 15 is 0 Å². The Kier molecular flexibility index (Phi) is 7.99. The van der Waals surface area contributed by atoms with Crippen LogP contribution in [-0.4, -0.2) is 25.5 Å². The molecule has 0 aliphatic heterocycles. The molecule has 0 saturated heterocycles. The predicted octanol–water partition coefficient (Wildman–Crippen LogP) is 2.22. The summed E-state index contributed by atoms with van der Waals surface area (Å²) in [5.74, 6) is 0. The monoisotopic (exact) mass is 205 g/mol. The van der Waals surface area contributed by atoms with Gasteiger partial charge in [-0.3, -0.25) is 0 Å². The number of methoxy groups -OCH3 is 1. The fraction of sp³-hybridized carbons (Fsp3) is 0.889. The van der Waals surface area contributed by atoms with Gasteiger partial charge in [-0.25, -0.2) is 4.79 Å². The first-order valence-electron chi connectivity index (χ1n) is 4.62. The third-order valence-corrected chi connectivity index (χ3v) is 2.11. The number of rotatable bonds is 1. The lowest BCUT2D eigenvalue weighted by atomic mass is 9.96. The van der Waals surface area contributed by atoms with E-state index < -0.39 is 0 Å². The van der Waals surface area contributed by atoms with Crippen molar-refractivity contribution in [1.29, 1.82) is 0 Å². The molecule has 0 unspecified atom stereocenters. The lowest BCUT2D eigenvalue weighted by Crippen LogP contribution is -2.35. The maximum Gasteiger partial charge on any atom is 0.407 e. The molecule has 4 heteroatoms. The molecule has 1 rings (SSSR count). The van der Waals surface area contributed by atoms with Crippen molar-refractivity contribution in [2.45, 2.75) is 38.1 Å². The van der Waals surface area contributed by atoms with Crippen LogP contribution in [0.2, 0.25) is 0 Å². The molecule has 3 nitrogen and oxygen atoms in total. The summed E-state index contributed by atoms with van der Waals surface area (Å²) in [5, 5.41) is 2.81. The van der Waals surface area contributed by atoms with Gasteiger partial charge in [0.1, 0.15) is 0 Å². The van der Waals surface area contributed by atoms with E-state index in [0.717, 1.165) is 12.8 Å². The number of hydrogen-bond acceptors (Lipinski definition) is 3. The Morgan fingerprint density at radius 3 is 2.31 bits per heavy atom. The first-order valence-corrected chi connectivity index (χ1v) is 5.51. The first kappa shape index (κ1) is 12.6. The average Bonchev–Trinajstić information content (AvgIpc) is 2.22. The van der Waals surface area contributed by atoms with Crippen LogP contribution in [-0.2, 0) is 4.74 Å². The second-order valence-electron chi connectivity index (χ2n) is 2.97. The fourth-order valence-electron chi connectivity index (χ4n) is 1.47. The molecule has 1 fully saturated rings.